The number of carbonyl (C=O) groups is 2. The summed E-state index contributed by atoms with van der Waals surface area (Å²) in [5.41, 5.74) is 0. The summed E-state index contributed by atoms with van der Waals surface area (Å²) in [5.74, 6) is -1.96. The molecule has 0 aromatic rings. The summed E-state index contributed by atoms with van der Waals surface area (Å²) in [6, 6.07) is 0. The van der Waals surface area contributed by atoms with Crippen molar-refractivity contribution < 1.29 is 56.8 Å². The van der Waals surface area contributed by atoms with Gasteiger partial charge in [0.2, 0.25) is 0 Å². The van der Waals surface area contributed by atoms with Gasteiger partial charge in [0.05, 0.1) is 6.61 Å². The van der Waals surface area contributed by atoms with Crippen molar-refractivity contribution in [3.8, 4) is 0 Å². The Bertz CT molecular complexity index is 1120. The van der Waals surface area contributed by atoms with Gasteiger partial charge >= 0.3 is 11.9 Å². The summed E-state index contributed by atoms with van der Waals surface area (Å²) >= 11 is 0. The fourth-order valence-electron chi connectivity index (χ4n) is 7.86. The molecule has 1 fully saturated rings. The SMILES string of the molecule is CCCCCCCCCCCCCCCCCCCCCCCCC(=O)OC(COC(=O)CCCCCCCCCCCC)COC1OC(CS(=O)(=O)O)C(O)C(O)C1O. The molecule has 12 nitrogen and oxygen atoms in total. The second-order valence-electron chi connectivity index (χ2n) is 17.5. The number of esters is 2. The molecule has 0 spiro atoms. The number of unbranched alkanes of at least 4 members (excludes halogenated alkanes) is 30. The van der Waals surface area contributed by atoms with Crippen LogP contribution in [0.4, 0.5) is 0 Å². The smallest absolute Gasteiger partial charge is 0.306 e. The van der Waals surface area contributed by atoms with Gasteiger partial charge in [-0.1, -0.05) is 206 Å². The van der Waals surface area contributed by atoms with Crippen LogP contribution in [0.1, 0.15) is 232 Å². The van der Waals surface area contributed by atoms with Gasteiger partial charge in [-0.15, -0.1) is 0 Å². The topological polar surface area (TPSA) is 186 Å². The molecule has 1 aliphatic rings. The van der Waals surface area contributed by atoms with E-state index in [9.17, 15) is 37.9 Å². The highest BCUT2D eigenvalue weighted by Crippen LogP contribution is 2.24. The summed E-state index contributed by atoms with van der Waals surface area (Å²) in [4.78, 5) is 25.4. The van der Waals surface area contributed by atoms with Gasteiger partial charge < -0.3 is 34.3 Å². The lowest BCUT2D eigenvalue weighted by molar-refractivity contribution is -0.297. The molecular formula is C47H90O12S. The van der Waals surface area contributed by atoms with Crippen LogP contribution in [0.2, 0.25) is 0 Å². The number of hydrogen-bond donors (Lipinski definition) is 4. The van der Waals surface area contributed by atoms with E-state index in [4.69, 9.17) is 18.9 Å². The van der Waals surface area contributed by atoms with E-state index in [0.29, 0.717) is 12.8 Å². The molecule has 1 saturated heterocycles. The maximum atomic E-state index is 12.8. The first-order chi connectivity index (χ1) is 29.0. The highest BCUT2D eigenvalue weighted by molar-refractivity contribution is 7.85. The normalized spacial score (nSPS) is 20.0. The molecule has 0 aromatic heterocycles. The lowest BCUT2D eigenvalue weighted by Gasteiger charge is -2.40. The van der Waals surface area contributed by atoms with Crippen LogP contribution in [0.5, 0.6) is 0 Å². The molecule has 60 heavy (non-hydrogen) atoms. The quantitative estimate of drug-likeness (QED) is 0.0259. The Labute approximate surface area is 365 Å². The Hall–Kier alpha value is -1.35. The molecule has 6 atom stereocenters. The molecule has 0 saturated carbocycles. The van der Waals surface area contributed by atoms with Crippen molar-refractivity contribution in [1.82, 2.24) is 0 Å². The van der Waals surface area contributed by atoms with Crippen LogP contribution in [-0.4, -0.2) is 96.0 Å². The zero-order valence-corrected chi connectivity index (χ0v) is 38.9. The number of aliphatic hydroxyl groups is 3. The molecule has 356 valence electrons. The molecule has 4 N–H and O–H groups in total. The Morgan fingerprint density at radius 1 is 0.500 bits per heavy atom. The Morgan fingerprint density at radius 2 is 0.850 bits per heavy atom. The lowest BCUT2D eigenvalue weighted by Crippen LogP contribution is -2.60. The van der Waals surface area contributed by atoms with Crippen molar-refractivity contribution in [3.63, 3.8) is 0 Å². The van der Waals surface area contributed by atoms with Gasteiger partial charge in [0.1, 0.15) is 36.8 Å². The van der Waals surface area contributed by atoms with Gasteiger partial charge in [0.25, 0.3) is 10.1 Å². The fourth-order valence-corrected chi connectivity index (χ4v) is 8.55. The lowest BCUT2D eigenvalue weighted by atomic mass is 10.00. The van der Waals surface area contributed by atoms with Gasteiger partial charge in [-0.2, -0.15) is 8.42 Å². The summed E-state index contributed by atoms with van der Waals surface area (Å²) in [6.45, 7) is 3.78. The average Bonchev–Trinajstić information content (AvgIpc) is 3.21. The molecule has 0 radical (unpaired) electrons. The maximum Gasteiger partial charge on any atom is 0.306 e. The summed E-state index contributed by atoms with van der Waals surface area (Å²) in [7, 11) is -4.60. The van der Waals surface area contributed by atoms with Crippen molar-refractivity contribution in [2.75, 3.05) is 19.0 Å². The predicted molar refractivity (Wildman–Crippen MR) is 238 cm³/mol. The molecule has 1 aliphatic heterocycles. The number of ether oxygens (including phenoxy) is 4. The maximum absolute atomic E-state index is 12.8. The molecule has 0 aromatic carbocycles. The Morgan fingerprint density at radius 3 is 1.22 bits per heavy atom. The predicted octanol–water partition coefficient (Wildman–Crippen LogP) is 10.5. The third-order valence-corrected chi connectivity index (χ3v) is 12.4. The molecular weight excluding hydrogens is 789 g/mol. The largest absolute Gasteiger partial charge is 0.462 e. The fraction of sp³-hybridized carbons (Fsp3) is 0.957. The van der Waals surface area contributed by atoms with Gasteiger partial charge in [-0.3, -0.25) is 14.1 Å². The van der Waals surface area contributed by atoms with E-state index in [1.54, 1.807) is 0 Å². The first-order valence-corrected chi connectivity index (χ1v) is 26.2. The average molecular weight is 879 g/mol. The van der Waals surface area contributed by atoms with Crippen LogP contribution >= 0.6 is 0 Å². The third-order valence-electron chi connectivity index (χ3n) is 11.7. The van der Waals surface area contributed by atoms with Gasteiger partial charge in [-0.05, 0) is 12.8 Å². The van der Waals surface area contributed by atoms with E-state index in [-0.39, 0.29) is 19.4 Å². The Balaban J connectivity index is 2.32. The van der Waals surface area contributed by atoms with Crippen LogP contribution in [-0.2, 0) is 38.7 Å². The van der Waals surface area contributed by atoms with Crippen LogP contribution in [0, 0.1) is 0 Å². The van der Waals surface area contributed by atoms with E-state index in [2.05, 4.69) is 13.8 Å². The van der Waals surface area contributed by atoms with Crippen molar-refractivity contribution in [3.05, 3.63) is 0 Å². The number of hydrogen-bond acceptors (Lipinski definition) is 11. The van der Waals surface area contributed by atoms with Crippen LogP contribution in [0.3, 0.4) is 0 Å². The van der Waals surface area contributed by atoms with Crippen LogP contribution in [0.15, 0.2) is 0 Å². The van der Waals surface area contributed by atoms with Gasteiger partial charge in [-0.25, -0.2) is 0 Å². The third kappa shape index (κ3) is 32.3. The van der Waals surface area contributed by atoms with E-state index in [1.807, 2.05) is 0 Å². The standard InChI is InChI=1S/C47H90O12S/c1-3-5-7-9-11-13-15-16-17-18-19-20-21-22-23-24-25-26-28-30-32-34-36-43(49)58-40(37-56-42(48)35-33-31-29-27-14-12-10-8-6-4-2)38-57-47-46(52)45(51)44(50)41(59-47)39-60(53,54)55/h40-41,44-47,50-52H,3-39H2,1-2H3,(H,53,54,55). The number of carbonyl (C=O) groups excluding carboxylic acids is 2. The van der Waals surface area contributed by atoms with Gasteiger partial charge in [0, 0.05) is 12.8 Å². The summed E-state index contributed by atoms with van der Waals surface area (Å²) in [5, 5.41) is 30.9. The molecule has 1 heterocycles. The molecule has 6 unspecified atom stereocenters. The first-order valence-electron chi connectivity index (χ1n) is 24.6. The monoisotopic (exact) mass is 879 g/mol. The van der Waals surface area contributed by atoms with Gasteiger partial charge in [0.15, 0.2) is 12.4 Å². The van der Waals surface area contributed by atoms with Crippen molar-refractivity contribution in [2.24, 2.45) is 0 Å². The van der Waals surface area contributed by atoms with E-state index < -0.39 is 71.2 Å². The van der Waals surface area contributed by atoms with Crippen molar-refractivity contribution in [1.29, 1.82) is 0 Å². The molecule has 0 bridgehead atoms. The molecule has 0 aliphatic carbocycles. The highest BCUT2D eigenvalue weighted by atomic mass is 32.2. The summed E-state index contributed by atoms with van der Waals surface area (Å²) in [6.07, 6.45) is 30.2. The van der Waals surface area contributed by atoms with Crippen LogP contribution < -0.4 is 0 Å². The zero-order valence-electron chi connectivity index (χ0n) is 38.1. The Kier molecular flexibility index (Phi) is 36.0. The first kappa shape index (κ1) is 56.7. The van der Waals surface area contributed by atoms with E-state index in [1.165, 1.54) is 154 Å². The number of rotatable bonds is 42. The van der Waals surface area contributed by atoms with Crippen LogP contribution in [0.25, 0.3) is 0 Å². The highest BCUT2D eigenvalue weighted by Gasteiger charge is 2.46. The second kappa shape index (κ2) is 38.1. The second-order valence-corrected chi connectivity index (χ2v) is 19.0. The van der Waals surface area contributed by atoms with Crippen molar-refractivity contribution in [2.45, 2.75) is 269 Å². The molecule has 0 amide bonds. The minimum atomic E-state index is -4.60. The van der Waals surface area contributed by atoms with E-state index in [0.717, 1.165) is 38.5 Å². The minimum Gasteiger partial charge on any atom is -0.462 e. The minimum absolute atomic E-state index is 0.173. The molecule has 1 rings (SSSR count). The van der Waals surface area contributed by atoms with Crippen molar-refractivity contribution >= 4 is 22.1 Å². The van der Waals surface area contributed by atoms with E-state index >= 15 is 0 Å². The summed E-state index contributed by atoms with van der Waals surface area (Å²) < 4.78 is 54.1. The zero-order chi connectivity index (χ0) is 44.1. The molecule has 13 heteroatoms. The number of aliphatic hydroxyl groups excluding tert-OH is 3.